The molecule has 0 aliphatic carbocycles. The highest BCUT2D eigenvalue weighted by molar-refractivity contribution is 5.64. The Balaban J connectivity index is 2.13. The summed E-state index contributed by atoms with van der Waals surface area (Å²) in [6.45, 7) is 0. The molecular formula is C16H14NO+. The molecule has 2 heteroatoms. The van der Waals surface area contributed by atoms with Gasteiger partial charge in [0.15, 0.2) is 12.4 Å². The maximum Gasteiger partial charge on any atom is 0.210 e. The van der Waals surface area contributed by atoms with E-state index in [1.54, 1.807) is 7.11 Å². The number of pyridine rings is 2. The van der Waals surface area contributed by atoms with Crippen molar-refractivity contribution in [2.45, 2.75) is 0 Å². The lowest BCUT2D eigenvalue weighted by Crippen LogP contribution is -2.19. The van der Waals surface area contributed by atoms with Gasteiger partial charge in [0.25, 0.3) is 0 Å². The number of ether oxygens (including phenoxy) is 1. The Morgan fingerprint density at radius 1 is 0.889 bits per heavy atom. The Morgan fingerprint density at radius 2 is 1.83 bits per heavy atom. The molecule has 2 aromatic heterocycles. The Hall–Kier alpha value is -2.35. The molecule has 0 aliphatic heterocycles. The van der Waals surface area contributed by atoms with Crippen LogP contribution in [0.15, 0.2) is 67.0 Å². The summed E-state index contributed by atoms with van der Waals surface area (Å²) in [5, 5.41) is 0. The Labute approximate surface area is 106 Å². The summed E-state index contributed by atoms with van der Waals surface area (Å²) in [6.07, 6.45) is 4.18. The number of hydrogen-bond acceptors (Lipinski definition) is 1. The fourth-order valence-electron chi connectivity index (χ4n) is 2.07. The SMILES string of the molecule is COc1cccc(-c2ccc3cccc[n+]3c2)c1. The van der Waals surface area contributed by atoms with E-state index < -0.39 is 0 Å². The summed E-state index contributed by atoms with van der Waals surface area (Å²) < 4.78 is 7.38. The third-order valence-corrected chi connectivity index (χ3v) is 3.04. The summed E-state index contributed by atoms with van der Waals surface area (Å²) >= 11 is 0. The molecule has 0 radical (unpaired) electrons. The average Bonchev–Trinajstić information content (AvgIpc) is 2.47. The van der Waals surface area contributed by atoms with Crippen molar-refractivity contribution in [1.29, 1.82) is 0 Å². The van der Waals surface area contributed by atoms with Crippen LogP contribution in [0.5, 0.6) is 5.75 Å². The number of benzene rings is 1. The molecule has 1 aromatic carbocycles. The first-order valence-electron chi connectivity index (χ1n) is 5.91. The molecule has 88 valence electrons. The molecule has 3 aromatic rings. The molecule has 18 heavy (non-hydrogen) atoms. The van der Waals surface area contributed by atoms with Gasteiger partial charge in [0.05, 0.1) is 7.11 Å². The molecule has 0 bridgehead atoms. The topological polar surface area (TPSA) is 13.3 Å². The van der Waals surface area contributed by atoms with E-state index >= 15 is 0 Å². The predicted octanol–water partition coefficient (Wildman–Crippen LogP) is 3.10. The first kappa shape index (κ1) is 10.8. The second kappa shape index (κ2) is 4.49. The van der Waals surface area contributed by atoms with E-state index in [9.17, 15) is 0 Å². The molecule has 3 rings (SSSR count). The quantitative estimate of drug-likeness (QED) is 0.623. The fourth-order valence-corrected chi connectivity index (χ4v) is 2.07. The molecular weight excluding hydrogens is 222 g/mol. The van der Waals surface area contributed by atoms with Crippen molar-refractivity contribution in [2.24, 2.45) is 0 Å². The van der Waals surface area contributed by atoms with Crippen LogP contribution < -0.4 is 9.14 Å². The summed E-state index contributed by atoms with van der Waals surface area (Å²) in [7, 11) is 1.69. The highest BCUT2D eigenvalue weighted by atomic mass is 16.5. The molecule has 0 N–H and O–H groups in total. The third kappa shape index (κ3) is 1.93. The first-order valence-corrected chi connectivity index (χ1v) is 5.91. The normalized spacial score (nSPS) is 10.5. The molecule has 2 nitrogen and oxygen atoms in total. The highest BCUT2D eigenvalue weighted by Gasteiger charge is 2.05. The Kier molecular flexibility index (Phi) is 2.69. The largest absolute Gasteiger partial charge is 0.497 e. The van der Waals surface area contributed by atoms with Crippen LogP contribution in [0.1, 0.15) is 0 Å². The molecule has 0 fully saturated rings. The van der Waals surface area contributed by atoms with Gasteiger partial charge in [-0.1, -0.05) is 12.1 Å². The van der Waals surface area contributed by atoms with E-state index in [2.05, 4.69) is 41.1 Å². The number of hydrogen-bond donors (Lipinski definition) is 0. The van der Waals surface area contributed by atoms with Gasteiger partial charge in [0.1, 0.15) is 5.75 Å². The third-order valence-electron chi connectivity index (χ3n) is 3.04. The van der Waals surface area contributed by atoms with Crippen molar-refractivity contribution in [3.05, 3.63) is 67.0 Å². The second-order valence-electron chi connectivity index (χ2n) is 4.18. The minimum atomic E-state index is 0.880. The summed E-state index contributed by atoms with van der Waals surface area (Å²) in [5.41, 5.74) is 3.52. The van der Waals surface area contributed by atoms with Gasteiger partial charge in [-0.05, 0) is 29.8 Å². The van der Waals surface area contributed by atoms with E-state index in [4.69, 9.17) is 4.74 Å². The summed E-state index contributed by atoms with van der Waals surface area (Å²) in [4.78, 5) is 0. The van der Waals surface area contributed by atoms with Crippen molar-refractivity contribution in [1.82, 2.24) is 0 Å². The van der Waals surface area contributed by atoms with Gasteiger partial charge in [-0.25, -0.2) is 0 Å². The Morgan fingerprint density at radius 3 is 2.72 bits per heavy atom. The van der Waals surface area contributed by atoms with Crippen LogP contribution in [0, 0.1) is 0 Å². The van der Waals surface area contributed by atoms with E-state index in [1.807, 2.05) is 30.3 Å². The van der Waals surface area contributed by atoms with Gasteiger partial charge in [-0.3, -0.25) is 0 Å². The van der Waals surface area contributed by atoms with Gasteiger partial charge in [0, 0.05) is 23.8 Å². The van der Waals surface area contributed by atoms with Gasteiger partial charge in [-0.15, -0.1) is 0 Å². The van der Waals surface area contributed by atoms with Crippen LogP contribution >= 0.6 is 0 Å². The molecule has 0 aliphatic rings. The first-order chi connectivity index (χ1) is 8.86. The van der Waals surface area contributed by atoms with Crippen molar-refractivity contribution < 1.29 is 9.14 Å². The minimum absolute atomic E-state index is 0.880. The number of methoxy groups -OCH3 is 1. The molecule has 0 atom stereocenters. The maximum atomic E-state index is 5.26. The van der Waals surface area contributed by atoms with Crippen LogP contribution in [0.3, 0.4) is 0 Å². The monoisotopic (exact) mass is 236 g/mol. The van der Waals surface area contributed by atoms with E-state index in [1.165, 1.54) is 11.1 Å². The highest BCUT2D eigenvalue weighted by Crippen LogP contribution is 2.22. The lowest BCUT2D eigenvalue weighted by Gasteiger charge is -2.03. The average molecular weight is 236 g/mol. The fraction of sp³-hybridized carbons (Fsp3) is 0.0625. The minimum Gasteiger partial charge on any atom is -0.497 e. The van der Waals surface area contributed by atoms with Gasteiger partial charge >= 0.3 is 0 Å². The Bertz CT molecular complexity index is 691. The van der Waals surface area contributed by atoms with Crippen LogP contribution in [0.4, 0.5) is 0 Å². The van der Waals surface area contributed by atoms with Crippen molar-refractivity contribution in [2.75, 3.05) is 7.11 Å². The van der Waals surface area contributed by atoms with Gasteiger partial charge in [0.2, 0.25) is 5.52 Å². The standard InChI is InChI=1S/C16H14NO/c1-18-16-7-4-5-13(11-16)14-8-9-15-6-2-3-10-17(15)12-14/h2-12H,1H3/q+1. The van der Waals surface area contributed by atoms with Gasteiger partial charge < -0.3 is 4.74 Å². The van der Waals surface area contributed by atoms with E-state index in [0.29, 0.717) is 0 Å². The van der Waals surface area contributed by atoms with Gasteiger partial charge in [-0.2, -0.15) is 4.40 Å². The lowest BCUT2D eigenvalue weighted by atomic mass is 10.1. The zero-order valence-electron chi connectivity index (χ0n) is 10.2. The van der Waals surface area contributed by atoms with Crippen LogP contribution in [0.2, 0.25) is 0 Å². The van der Waals surface area contributed by atoms with Crippen molar-refractivity contribution in [3.63, 3.8) is 0 Å². The predicted molar refractivity (Wildman–Crippen MR) is 71.6 cm³/mol. The summed E-state index contributed by atoms with van der Waals surface area (Å²) in [6, 6.07) is 18.5. The van der Waals surface area contributed by atoms with E-state index in [0.717, 1.165) is 11.3 Å². The van der Waals surface area contributed by atoms with Crippen LogP contribution in [-0.2, 0) is 0 Å². The summed E-state index contributed by atoms with van der Waals surface area (Å²) in [5.74, 6) is 0.880. The van der Waals surface area contributed by atoms with E-state index in [-0.39, 0.29) is 0 Å². The molecule has 0 saturated carbocycles. The lowest BCUT2D eigenvalue weighted by molar-refractivity contribution is -0.511. The molecule has 2 heterocycles. The maximum absolute atomic E-state index is 5.26. The number of rotatable bonds is 2. The number of nitrogens with zero attached hydrogens (tertiary/aromatic N) is 1. The van der Waals surface area contributed by atoms with Crippen molar-refractivity contribution in [3.8, 4) is 16.9 Å². The molecule has 0 spiro atoms. The zero-order chi connectivity index (χ0) is 12.4. The number of fused-ring (bicyclic) bond motifs is 1. The van der Waals surface area contributed by atoms with Crippen LogP contribution in [-0.4, -0.2) is 7.11 Å². The second-order valence-corrected chi connectivity index (χ2v) is 4.18. The smallest absolute Gasteiger partial charge is 0.210 e. The molecule has 0 saturated heterocycles. The zero-order valence-corrected chi connectivity index (χ0v) is 10.2. The number of aromatic nitrogens is 1. The molecule has 0 unspecified atom stereocenters. The van der Waals surface area contributed by atoms with Crippen molar-refractivity contribution >= 4 is 5.52 Å². The molecule has 0 amide bonds. The van der Waals surface area contributed by atoms with Crippen LogP contribution in [0.25, 0.3) is 16.6 Å².